The lowest BCUT2D eigenvalue weighted by Crippen LogP contribution is -2.49. The molecule has 8 heteroatoms. The topological polar surface area (TPSA) is 56.7 Å². The molecule has 0 spiro atoms. The van der Waals surface area contributed by atoms with Crippen molar-refractivity contribution in [2.45, 2.75) is 18.6 Å². The third-order valence-electron chi connectivity index (χ3n) is 3.89. The number of carbonyl (C=O) groups is 1. The molecule has 5 nitrogen and oxygen atoms in total. The summed E-state index contributed by atoms with van der Waals surface area (Å²) in [6.07, 6.45) is 1.18. The van der Waals surface area contributed by atoms with E-state index in [4.69, 9.17) is 0 Å². The average Bonchev–Trinajstić information content (AvgIpc) is 2.61. The number of carbonyl (C=O) groups excluding carboxylic acids is 1. The molecule has 0 aliphatic carbocycles. The van der Waals surface area contributed by atoms with Gasteiger partial charge >= 0.3 is 0 Å². The van der Waals surface area contributed by atoms with Crippen LogP contribution in [0.25, 0.3) is 0 Å². The van der Waals surface area contributed by atoms with Crippen LogP contribution in [0.15, 0.2) is 33.7 Å². The van der Waals surface area contributed by atoms with Gasteiger partial charge in [-0.3, -0.25) is 9.79 Å². The Labute approximate surface area is 179 Å². The first-order valence-corrected chi connectivity index (χ1v) is 10.1. The Balaban J connectivity index is 0.00000312. The number of halogens is 2. The largest absolute Gasteiger partial charge is 0.354 e. The third-order valence-corrected chi connectivity index (χ3v) is 5.75. The molecule has 0 radical (unpaired) electrons. The van der Waals surface area contributed by atoms with E-state index in [0.717, 1.165) is 29.3 Å². The van der Waals surface area contributed by atoms with Crippen molar-refractivity contribution in [3.05, 3.63) is 34.3 Å². The van der Waals surface area contributed by atoms with Crippen LogP contribution in [0, 0.1) is 0 Å². The first-order chi connectivity index (χ1) is 11.6. The van der Waals surface area contributed by atoms with Gasteiger partial charge in [0.25, 0.3) is 5.91 Å². The number of guanidine groups is 1. The molecule has 140 valence electrons. The standard InChI is InChI=1S/C17H25BrN4OS.HI/c1-3-15-12-22(9-10-24-15)17(19-2)21-8-7-20-16(23)13-5-4-6-14(18)11-13;/h4-6,11,15H,3,7-10,12H2,1-2H3,(H,19,21)(H,20,23);1H. The molecule has 1 fully saturated rings. The highest BCUT2D eigenvalue weighted by Gasteiger charge is 2.21. The Morgan fingerprint density at radius 1 is 1.40 bits per heavy atom. The molecule has 1 amide bonds. The van der Waals surface area contributed by atoms with Crippen LogP contribution in [0.3, 0.4) is 0 Å². The number of hydrogen-bond acceptors (Lipinski definition) is 3. The van der Waals surface area contributed by atoms with E-state index in [9.17, 15) is 4.79 Å². The van der Waals surface area contributed by atoms with Crippen molar-refractivity contribution in [1.29, 1.82) is 0 Å². The lowest BCUT2D eigenvalue weighted by atomic mass is 10.2. The number of amides is 1. The fourth-order valence-corrected chi connectivity index (χ4v) is 4.15. The van der Waals surface area contributed by atoms with Gasteiger partial charge in [-0.1, -0.05) is 28.9 Å². The van der Waals surface area contributed by atoms with Crippen LogP contribution >= 0.6 is 51.7 Å². The second-order valence-electron chi connectivity index (χ2n) is 5.59. The predicted molar refractivity (Wildman–Crippen MR) is 121 cm³/mol. The van der Waals surface area contributed by atoms with Gasteiger partial charge in [0.05, 0.1) is 0 Å². The molecule has 1 heterocycles. The van der Waals surface area contributed by atoms with Crippen LogP contribution in [0.5, 0.6) is 0 Å². The second kappa shape index (κ2) is 12.0. The molecular weight excluding hydrogens is 515 g/mol. The lowest BCUT2D eigenvalue weighted by molar-refractivity contribution is 0.0954. The predicted octanol–water partition coefficient (Wildman–Crippen LogP) is 3.20. The van der Waals surface area contributed by atoms with Crippen LogP contribution in [0.4, 0.5) is 0 Å². The van der Waals surface area contributed by atoms with E-state index in [-0.39, 0.29) is 29.9 Å². The van der Waals surface area contributed by atoms with Gasteiger partial charge < -0.3 is 15.5 Å². The molecule has 2 rings (SSSR count). The highest BCUT2D eigenvalue weighted by atomic mass is 127. The minimum Gasteiger partial charge on any atom is -0.354 e. The summed E-state index contributed by atoms with van der Waals surface area (Å²) in [6.45, 7) is 5.50. The minimum absolute atomic E-state index is 0. The van der Waals surface area contributed by atoms with Crippen molar-refractivity contribution >= 4 is 63.5 Å². The zero-order valence-corrected chi connectivity index (χ0v) is 19.4. The summed E-state index contributed by atoms with van der Waals surface area (Å²) in [5.74, 6) is 2.00. The number of benzene rings is 1. The molecule has 1 saturated heterocycles. The van der Waals surface area contributed by atoms with Gasteiger partial charge in [0.2, 0.25) is 0 Å². The number of nitrogens with zero attached hydrogens (tertiary/aromatic N) is 2. The average molecular weight is 541 g/mol. The van der Waals surface area contributed by atoms with Crippen molar-refractivity contribution in [2.24, 2.45) is 4.99 Å². The van der Waals surface area contributed by atoms with Crippen LogP contribution in [-0.2, 0) is 0 Å². The molecule has 2 N–H and O–H groups in total. The summed E-state index contributed by atoms with van der Waals surface area (Å²) >= 11 is 5.42. The van der Waals surface area contributed by atoms with Crippen molar-refractivity contribution < 1.29 is 4.79 Å². The molecule has 0 aromatic heterocycles. The number of hydrogen-bond donors (Lipinski definition) is 2. The molecule has 1 atom stereocenters. The quantitative estimate of drug-likeness (QED) is 0.261. The van der Waals surface area contributed by atoms with Crippen molar-refractivity contribution in [1.82, 2.24) is 15.5 Å². The Kier molecular flexibility index (Phi) is 10.8. The Morgan fingerprint density at radius 3 is 2.84 bits per heavy atom. The van der Waals surface area contributed by atoms with E-state index in [0.29, 0.717) is 23.9 Å². The van der Waals surface area contributed by atoms with E-state index < -0.39 is 0 Å². The van der Waals surface area contributed by atoms with Crippen LogP contribution in [0.1, 0.15) is 23.7 Å². The van der Waals surface area contributed by atoms with Gasteiger partial charge in [0.15, 0.2) is 5.96 Å². The van der Waals surface area contributed by atoms with Gasteiger partial charge in [0, 0.05) is 54.3 Å². The summed E-state index contributed by atoms with van der Waals surface area (Å²) in [6, 6.07) is 7.39. The Bertz CT molecular complexity index is 588. The number of nitrogens with one attached hydrogen (secondary N) is 2. The van der Waals surface area contributed by atoms with Gasteiger partial charge in [-0.25, -0.2) is 0 Å². The molecule has 1 aliphatic rings. The summed E-state index contributed by atoms with van der Waals surface area (Å²) in [4.78, 5) is 18.8. The summed E-state index contributed by atoms with van der Waals surface area (Å²) in [5, 5.41) is 6.95. The molecular formula is C17H26BrIN4OS. The third kappa shape index (κ3) is 7.34. The fourth-order valence-electron chi connectivity index (χ4n) is 2.57. The SMILES string of the molecule is CCC1CN(C(=NC)NCCNC(=O)c2cccc(Br)c2)CCS1.I. The van der Waals surface area contributed by atoms with Crippen molar-refractivity contribution in [3.8, 4) is 0 Å². The lowest BCUT2D eigenvalue weighted by Gasteiger charge is -2.34. The second-order valence-corrected chi connectivity index (χ2v) is 7.91. The number of aliphatic imine (C=N–C) groups is 1. The maximum atomic E-state index is 12.1. The molecule has 1 aliphatic heterocycles. The molecule has 0 bridgehead atoms. The van der Waals surface area contributed by atoms with E-state index in [1.807, 2.05) is 43.1 Å². The Hall–Kier alpha value is -0.480. The van der Waals surface area contributed by atoms with E-state index in [1.165, 1.54) is 6.42 Å². The van der Waals surface area contributed by atoms with Crippen molar-refractivity contribution in [2.75, 3.05) is 39.0 Å². The van der Waals surface area contributed by atoms with Gasteiger partial charge in [-0.15, -0.1) is 24.0 Å². The highest BCUT2D eigenvalue weighted by Crippen LogP contribution is 2.20. The molecule has 1 aromatic rings. The molecule has 25 heavy (non-hydrogen) atoms. The van der Waals surface area contributed by atoms with Crippen LogP contribution in [0.2, 0.25) is 0 Å². The number of rotatable bonds is 5. The summed E-state index contributed by atoms with van der Waals surface area (Å²) in [5.41, 5.74) is 0.660. The minimum atomic E-state index is -0.0616. The fraction of sp³-hybridized carbons (Fsp3) is 0.529. The maximum absolute atomic E-state index is 12.1. The molecule has 1 aromatic carbocycles. The number of thioether (sulfide) groups is 1. The Morgan fingerprint density at radius 2 is 2.16 bits per heavy atom. The van der Waals surface area contributed by atoms with E-state index in [2.05, 4.69) is 43.4 Å². The normalized spacial score (nSPS) is 17.6. The molecule has 0 saturated carbocycles. The zero-order chi connectivity index (χ0) is 17.4. The van der Waals surface area contributed by atoms with Crippen molar-refractivity contribution in [3.63, 3.8) is 0 Å². The van der Waals surface area contributed by atoms with Gasteiger partial charge in [0.1, 0.15) is 0 Å². The first kappa shape index (κ1) is 22.6. The van der Waals surface area contributed by atoms with Gasteiger partial charge in [-0.05, 0) is 24.6 Å². The maximum Gasteiger partial charge on any atom is 0.251 e. The van der Waals surface area contributed by atoms with Gasteiger partial charge in [-0.2, -0.15) is 11.8 Å². The summed E-state index contributed by atoms with van der Waals surface area (Å²) < 4.78 is 0.905. The van der Waals surface area contributed by atoms with Crippen LogP contribution < -0.4 is 10.6 Å². The monoisotopic (exact) mass is 540 g/mol. The molecule has 1 unspecified atom stereocenters. The smallest absolute Gasteiger partial charge is 0.251 e. The van der Waals surface area contributed by atoms with E-state index in [1.54, 1.807) is 0 Å². The summed E-state index contributed by atoms with van der Waals surface area (Å²) in [7, 11) is 1.81. The first-order valence-electron chi connectivity index (χ1n) is 8.25. The van der Waals surface area contributed by atoms with Crippen LogP contribution in [-0.4, -0.2) is 61.0 Å². The van der Waals surface area contributed by atoms with E-state index >= 15 is 0 Å². The highest BCUT2D eigenvalue weighted by molar-refractivity contribution is 14.0. The zero-order valence-electron chi connectivity index (χ0n) is 14.6.